The number of nitrogens with one attached hydrogen (secondary N) is 2. The highest BCUT2D eigenvalue weighted by atomic mass is 32.2. The zero-order chi connectivity index (χ0) is 14.6. The van der Waals surface area contributed by atoms with Gasteiger partial charge >= 0.3 is 0 Å². The van der Waals surface area contributed by atoms with E-state index in [-0.39, 0.29) is 10.6 Å². The minimum absolute atomic E-state index is 0.119. The van der Waals surface area contributed by atoms with Crippen LogP contribution in [0.3, 0.4) is 0 Å². The second kappa shape index (κ2) is 6.93. The van der Waals surface area contributed by atoms with E-state index in [1.165, 1.54) is 24.6 Å². The highest BCUT2D eigenvalue weighted by molar-refractivity contribution is 8.06. The summed E-state index contributed by atoms with van der Waals surface area (Å²) in [5, 5.41) is 3.92. The van der Waals surface area contributed by atoms with Crippen molar-refractivity contribution < 1.29 is 8.42 Å². The standard InChI is InChI=1S/C12H19N3O2S3/c1-14-20(16,17)12-3-2-9(6-11(12)13)15-7-10-8-18-4-5-19-10/h2-3,6,10,14-15H,4-5,7-8,13H2,1H3. The van der Waals surface area contributed by atoms with Gasteiger partial charge in [-0.3, -0.25) is 0 Å². The third kappa shape index (κ3) is 3.97. The number of rotatable bonds is 5. The van der Waals surface area contributed by atoms with Gasteiger partial charge in [0.05, 0.1) is 5.69 Å². The Kier molecular flexibility index (Phi) is 5.48. The van der Waals surface area contributed by atoms with E-state index in [1.54, 1.807) is 12.1 Å². The molecule has 5 nitrogen and oxygen atoms in total. The van der Waals surface area contributed by atoms with Crippen molar-refractivity contribution in [2.24, 2.45) is 0 Å². The Morgan fingerprint density at radius 1 is 1.40 bits per heavy atom. The normalized spacial score (nSPS) is 19.8. The lowest BCUT2D eigenvalue weighted by Crippen LogP contribution is -2.23. The molecule has 4 N–H and O–H groups in total. The number of thioether (sulfide) groups is 2. The maximum absolute atomic E-state index is 11.7. The number of hydrogen-bond donors (Lipinski definition) is 3. The minimum atomic E-state index is -3.49. The van der Waals surface area contributed by atoms with Gasteiger partial charge in [-0.2, -0.15) is 23.5 Å². The van der Waals surface area contributed by atoms with Crippen molar-refractivity contribution in [2.45, 2.75) is 10.1 Å². The van der Waals surface area contributed by atoms with E-state index in [2.05, 4.69) is 10.0 Å². The van der Waals surface area contributed by atoms with E-state index in [0.717, 1.165) is 18.0 Å². The number of anilines is 2. The zero-order valence-electron chi connectivity index (χ0n) is 11.3. The van der Waals surface area contributed by atoms with Crippen LogP contribution in [-0.2, 0) is 10.0 Å². The summed E-state index contributed by atoms with van der Waals surface area (Å²) in [4.78, 5) is 0.119. The van der Waals surface area contributed by atoms with Gasteiger partial charge in [-0.1, -0.05) is 0 Å². The van der Waals surface area contributed by atoms with Crippen molar-refractivity contribution in [3.63, 3.8) is 0 Å². The minimum Gasteiger partial charge on any atom is -0.398 e. The van der Waals surface area contributed by atoms with E-state index in [4.69, 9.17) is 5.73 Å². The molecule has 1 aromatic rings. The summed E-state index contributed by atoms with van der Waals surface area (Å²) in [5.41, 5.74) is 6.94. The van der Waals surface area contributed by atoms with Crippen LogP contribution >= 0.6 is 23.5 Å². The Morgan fingerprint density at radius 2 is 2.20 bits per heavy atom. The molecule has 1 fully saturated rings. The molecule has 1 saturated heterocycles. The van der Waals surface area contributed by atoms with Gasteiger partial charge in [0.1, 0.15) is 4.90 Å². The monoisotopic (exact) mass is 333 g/mol. The molecule has 0 bridgehead atoms. The summed E-state index contributed by atoms with van der Waals surface area (Å²) < 4.78 is 25.7. The Labute approximate surface area is 128 Å². The molecule has 0 saturated carbocycles. The second-order valence-corrected chi connectivity index (χ2v) is 8.82. The fourth-order valence-electron chi connectivity index (χ4n) is 1.90. The Bertz CT molecular complexity index is 557. The molecule has 0 aromatic heterocycles. The van der Waals surface area contributed by atoms with E-state index < -0.39 is 10.0 Å². The summed E-state index contributed by atoms with van der Waals surface area (Å²) in [5.74, 6) is 3.57. The van der Waals surface area contributed by atoms with Gasteiger partial charge in [0.15, 0.2) is 0 Å². The van der Waals surface area contributed by atoms with Gasteiger partial charge in [-0.05, 0) is 25.2 Å². The summed E-state index contributed by atoms with van der Waals surface area (Å²) in [6.45, 7) is 0.870. The fourth-order valence-corrected chi connectivity index (χ4v) is 5.35. The van der Waals surface area contributed by atoms with Gasteiger partial charge in [0.25, 0.3) is 0 Å². The molecular formula is C12H19N3O2S3. The lowest BCUT2D eigenvalue weighted by Gasteiger charge is -2.21. The summed E-state index contributed by atoms with van der Waals surface area (Å²) in [6.07, 6.45) is 0. The topological polar surface area (TPSA) is 84.2 Å². The smallest absolute Gasteiger partial charge is 0.242 e. The van der Waals surface area contributed by atoms with E-state index in [0.29, 0.717) is 5.25 Å². The molecule has 1 aliphatic heterocycles. The van der Waals surface area contributed by atoms with Crippen molar-refractivity contribution in [1.29, 1.82) is 0 Å². The first kappa shape index (κ1) is 15.8. The molecule has 1 aromatic carbocycles. The van der Waals surface area contributed by atoms with Gasteiger partial charge in [-0.25, -0.2) is 13.1 Å². The van der Waals surface area contributed by atoms with Gasteiger partial charge in [-0.15, -0.1) is 0 Å². The molecule has 0 radical (unpaired) electrons. The van der Waals surface area contributed by atoms with Crippen LogP contribution in [0.2, 0.25) is 0 Å². The fraction of sp³-hybridized carbons (Fsp3) is 0.500. The van der Waals surface area contributed by atoms with Crippen LogP contribution in [-0.4, -0.2) is 44.5 Å². The second-order valence-electron chi connectivity index (χ2n) is 4.41. The highest BCUT2D eigenvalue weighted by Gasteiger charge is 2.16. The maximum atomic E-state index is 11.7. The molecular weight excluding hydrogens is 314 g/mol. The molecule has 1 unspecified atom stereocenters. The molecule has 2 rings (SSSR count). The van der Waals surface area contributed by atoms with Crippen molar-refractivity contribution in [3.8, 4) is 0 Å². The first-order valence-corrected chi connectivity index (χ1v) is 9.98. The van der Waals surface area contributed by atoms with Gasteiger partial charge in [0.2, 0.25) is 10.0 Å². The lowest BCUT2D eigenvalue weighted by molar-refractivity contribution is 0.588. The number of sulfonamides is 1. The van der Waals surface area contributed by atoms with Crippen LogP contribution in [0.4, 0.5) is 11.4 Å². The highest BCUT2D eigenvalue weighted by Crippen LogP contribution is 2.26. The summed E-state index contributed by atoms with van der Waals surface area (Å²) >= 11 is 3.95. The number of nitrogen functional groups attached to an aromatic ring is 1. The Morgan fingerprint density at radius 3 is 2.80 bits per heavy atom. The molecule has 1 atom stereocenters. The maximum Gasteiger partial charge on any atom is 0.242 e. The molecule has 112 valence electrons. The first-order chi connectivity index (χ1) is 9.53. The van der Waals surface area contributed by atoms with Gasteiger partial charge < -0.3 is 11.1 Å². The predicted molar refractivity (Wildman–Crippen MR) is 89.2 cm³/mol. The lowest BCUT2D eigenvalue weighted by atomic mass is 10.3. The molecule has 20 heavy (non-hydrogen) atoms. The largest absolute Gasteiger partial charge is 0.398 e. The zero-order valence-corrected chi connectivity index (χ0v) is 13.7. The molecule has 1 heterocycles. The number of hydrogen-bond acceptors (Lipinski definition) is 6. The molecule has 0 amide bonds. The average molecular weight is 334 g/mol. The van der Waals surface area contributed by atoms with Crippen LogP contribution in [0.1, 0.15) is 0 Å². The SMILES string of the molecule is CNS(=O)(=O)c1ccc(NCC2CSCCS2)cc1N. The third-order valence-electron chi connectivity index (χ3n) is 2.99. The number of benzene rings is 1. The molecule has 0 aliphatic carbocycles. The summed E-state index contributed by atoms with van der Waals surface area (Å²) in [7, 11) is -2.12. The van der Waals surface area contributed by atoms with Crippen LogP contribution in [0.5, 0.6) is 0 Å². The van der Waals surface area contributed by atoms with Gasteiger partial charge in [0, 0.05) is 34.7 Å². The van der Waals surface area contributed by atoms with E-state index >= 15 is 0 Å². The molecule has 0 spiro atoms. The molecule has 8 heteroatoms. The van der Waals surface area contributed by atoms with E-state index in [1.807, 2.05) is 23.5 Å². The van der Waals surface area contributed by atoms with Crippen LogP contribution in [0, 0.1) is 0 Å². The van der Waals surface area contributed by atoms with Crippen LogP contribution in [0.25, 0.3) is 0 Å². The van der Waals surface area contributed by atoms with Crippen LogP contribution < -0.4 is 15.8 Å². The Hall–Kier alpha value is -0.570. The first-order valence-electron chi connectivity index (χ1n) is 6.29. The third-order valence-corrected chi connectivity index (χ3v) is 7.32. The quantitative estimate of drug-likeness (QED) is 0.707. The predicted octanol–water partition coefficient (Wildman–Crippen LogP) is 1.44. The van der Waals surface area contributed by atoms with Crippen molar-refractivity contribution in [2.75, 3.05) is 41.9 Å². The van der Waals surface area contributed by atoms with E-state index in [9.17, 15) is 8.42 Å². The summed E-state index contributed by atoms with van der Waals surface area (Å²) in [6, 6.07) is 4.96. The van der Waals surface area contributed by atoms with Crippen molar-refractivity contribution >= 4 is 44.9 Å². The Balaban J connectivity index is 2.02. The van der Waals surface area contributed by atoms with Crippen molar-refractivity contribution in [3.05, 3.63) is 18.2 Å². The number of nitrogens with two attached hydrogens (primary N) is 1. The molecule has 1 aliphatic rings. The average Bonchev–Trinajstić information content (AvgIpc) is 2.46. The van der Waals surface area contributed by atoms with Crippen LogP contribution in [0.15, 0.2) is 23.1 Å². The van der Waals surface area contributed by atoms with Crippen molar-refractivity contribution in [1.82, 2.24) is 4.72 Å².